The third-order valence-electron chi connectivity index (χ3n) is 4.63. The van der Waals surface area contributed by atoms with E-state index in [1.165, 1.54) is 12.1 Å². The molecule has 4 rings (SSSR count). The molecule has 1 aliphatic rings. The minimum Gasteiger partial charge on any atom is -0.387 e. The van der Waals surface area contributed by atoms with Crippen molar-refractivity contribution < 1.29 is 14.2 Å². The van der Waals surface area contributed by atoms with Crippen LogP contribution in [0.2, 0.25) is 0 Å². The number of ether oxygens (including phenoxy) is 1. The predicted molar refractivity (Wildman–Crippen MR) is 102 cm³/mol. The van der Waals surface area contributed by atoms with Gasteiger partial charge in [-0.05, 0) is 30.7 Å². The van der Waals surface area contributed by atoms with Gasteiger partial charge in [0.15, 0.2) is 0 Å². The van der Waals surface area contributed by atoms with Gasteiger partial charge in [-0.1, -0.05) is 12.1 Å². The Morgan fingerprint density at radius 2 is 1.89 bits per heavy atom. The highest BCUT2D eigenvalue weighted by molar-refractivity contribution is 5.43. The zero-order chi connectivity index (χ0) is 19.5. The number of anilines is 1. The summed E-state index contributed by atoms with van der Waals surface area (Å²) in [7, 11) is 0. The van der Waals surface area contributed by atoms with Crippen molar-refractivity contribution in [3.05, 3.63) is 65.4 Å². The molecule has 0 aliphatic carbocycles. The molecule has 1 atom stereocenters. The Labute approximate surface area is 162 Å². The Morgan fingerprint density at radius 3 is 2.57 bits per heavy atom. The average molecular weight is 383 g/mol. The van der Waals surface area contributed by atoms with Gasteiger partial charge in [-0.3, -0.25) is 0 Å². The molecule has 28 heavy (non-hydrogen) atoms. The van der Waals surface area contributed by atoms with Crippen LogP contribution < -0.4 is 4.90 Å². The molecule has 1 N–H and O–H groups in total. The summed E-state index contributed by atoms with van der Waals surface area (Å²) in [4.78, 5) is 11.5. The molecule has 3 heterocycles. The summed E-state index contributed by atoms with van der Waals surface area (Å²) < 4.78 is 20.2. The van der Waals surface area contributed by atoms with E-state index in [0.717, 1.165) is 30.2 Å². The maximum absolute atomic E-state index is 13.2. The number of aromatic nitrogens is 4. The molecule has 0 spiro atoms. The number of hydrogen-bond donors (Lipinski definition) is 1. The normalized spacial score (nSPS) is 15.6. The number of aliphatic hydroxyl groups is 1. The van der Waals surface area contributed by atoms with Crippen molar-refractivity contribution in [1.29, 1.82) is 0 Å². The molecule has 146 valence electrons. The summed E-state index contributed by atoms with van der Waals surface area (Å²) >= 11 is 0. The molecule has 2 aromatic heterocycles. The second kappa shape index (κ2) is 8.04. The third kappa shape index (κ3) is 4.18. The first-order valence-corrected chi connectivity index (χ1v) is 9.27. The fourth-order valence-corrected chi connectivity index (χ4v) is 3.10. The minimum atomic E-state index is -0.664. The minimum absolute atomic E-state index is 0.261. The van der Waals surface area contributed by atoms with Crippen LogP contribution in [0.25, 0.3) is 5.95 Å². The molecule has 8 heteroatoms. The maximum Gasteiger partial charge on any atom is 0.252 e. The van der Waals surface area contributed by atoms with Gasteiger partial charge in [-0.15, -0.1) is 0 Å². The van der Waals surface area contributed by atoms with Crippen LogP contribution in [0.4, 0.5) is 10.2 Å². The molecule has 0 saturated carbocycles. The van der Waals surface area contributed by atoms with Gasteiger partial charge in [0.05, 0.1) is 30.7 Å². The molecule has 0 bridgehead atoms. The molecule has 1 fully saturated rings. The monoisotopic (exact) mass is 383 g/mol. The Bertz CT molecular complexity index is 936. The van der Waals surface area contributed by atoms with Gasteiger partial charge in [-0.2, -0.15) is 10.1 Å². The van der Waals surface area contributed by atoms with Crippen molar-refractivity contribution in [1.82, 2.24) is 19.7 Å². The van der Waals surface area contributed by atoms with E-state index in [9.17, 15) is 9.50 Å². The van der Waals surface area contributed by atoms with Crippen LogP contribution in [0.5, 0.6) is 0 Å². The van der Waals surface area contributed by atoms with E-state index >= 15 is 0 Å². The molecule has 1 aliphatic heterocycles. The quantitative estimate of drug-likeness (QED) is 0.729. The van der Waals surface area contributed by atoms with Gasteiger partial charge in [-0.25, -0.2) is 14.1 Å². The fraction of sp³-hybridized carbons (Fsp3) is 0.350. The first-order chi connectivity index (χ1) is 13.6. The molecule has 1 saturated heterocycles. The highest BCUT2D eigenvalue weighted by Crippen LogP contribution is 2.19. The van der Waals surface area contributed by atoms with Crippen molar-refractivity contribution in [2.75, 3.05) is 31.2 Å². The Balaban J connectivity index is 1.70. The van der Waals surface area contributed by atoms with Gasteiger partial charge >= 0.3 is 0 Å². The number of aliphatic hydroxyl groups excluding tert-OH is 1. The Kier molecular flexibility index (Phi) is 5.31. The van der Waals surface area contributed by atoms with Crippen molar-refractivity contribution in [3.63, 3.8) is 0 Å². The second-order valence-electron chi connectivity index (χ2n) is 6.78. The van der Waals surface area contributed by atoms with E-state index in [1.54, 1.807) is 36.0 Å². The van der Waals surface area contributed by atoms with Gasteiger partial charge < -0.3 is 14.7 Å². The maximum atomic E-state index is 13.2. The van der Waals surface area contributed by atoms with E-state index in [-0.39, 0.29) is 5.82 Å². The lowest BCUT2D eigenvalue weighted by atomic mass is 10.1. The van der Waals surface area contributed by atoms with Crippen LogP contribution in [-0.2, 0) is 11.2 Å². The van der Waals surface area contributed by atoms with Crippen LogP contribution in [-0.4, -0.2) is 51.2 Å². The SMILES string of the molecule is CC(O)c1ccn(-c2nc(Cc3ccc(F)cc3)cc(N3CCOCC3)n2)n1. The summed E-state index contributed by atoms with van der Waals surface area (Å²) in [6, 6.07) is 10.1. The zero-order valence-corrected chi connectivity index (χ0v) is 15.6. The second-order valence-corrected chi connectivity index (χ2v) is 6.78. The topological polar surface area (TPSA) is 76.3 Å². The van der Waals surface area contributed by atoms with Gasteiger partial charge in [0.2, 0.25) is 0 Å². The first-order valence-electron chi connectivity index (χ1n) is 9.27. The van der Waals surface area contributed by atoms with Crippen molar-refractivity contribution in [3.8, 4) is 5.95 Å². The van der Waals surface area contributed by atoms with Crippen LogP contribution >= 0.6 is 0 Å². The van der Waals surface area contributed by atoms with E-state index in [0.29, 0.717) is 31.3 Å². The molecular formula is C20H22FN5O2. The predicted octanol–water partition coefficient (Wildman–Crippen LogP) is 2.28. The third-order valence-corrected chi connectivity index (χ3v) is 4.63. The number of rotatable bonds is 5. The number of benzene rings is 1. The Hall–Kier alpha value is -2.84. The lowest BCUT2D eigenvalue weighted by Gasteiger charge is -2.28. The fourth-order valence-electron chi connectivity index (χ4n) is 3.10. The first kappa shape index (κ1) is 18.5. The molecule has 0 radical (unpaired) electrons. The lowest BCUT2D eigenvalue weighted by Crippen LogP contribution is -2.37. The van der Waals surface area contributed by atoms with Crippen LogP contribution in [0.15, 0.2) is 42.6 Å². The summed E-state index contributed by atoms with van der Waals surface area (Å²) in [5.41, 5.74) is 2.33. The average Bonchev–Trinajstić information content (AvgIpc) is 3.21. The molecule has 3 aromatic rings. The van der Waals surface area contributed by atoms with Gasteiger partial charge in [0.1, 0.15) is 11.6 Å². The lowest BCUT2D eigenvalue weighted by molar-refractivity contribution is 0.122. The largest absolute Gasteiger partial charge is 0.387 e. The van der Waals surface area contributed by atoms with Crippen LogP contribution in [0, 0.1) is 5.82 Å². The summed E-state index contributed by atoms with van der Waals surface area (Å²) in [6.07, 6.45) is 1.63. The molecule has 1 unspecified atom stereocenters. The number of nitrogens with zero attached hydrogens (tertiary/aromatic N) is 5. The zero-order valence-electron chi connectivity index (χ0n) is 15.6. The molecule has 1 aromatic carbocycles. The Morgan fingerprint density at radius 1 is 1.14 bits per heavy atom. The summed E-state index contributed by atoms with van der Waals surface area (Å²) in [5, 5.41) is 14.1. The molecule has 7 nitrogen and oxygen atoms in total. The summed E-state index contributed by atoms with van der Waals surface area (Å²) in [5.74, 6) is 0.982. The molecular weight excluding hydrogens is 361 g/mol. The smallest absolute Gasteiger partial charge is 0.252 e. The van der Waals surface area contributed by atoms with Crippen LogP contribution in [0.1, 0.15) is 30.0 Å². The summed E-state index contributed by atoms with van der Waals surface area (Å²) in [6.45, 7) is 4.48. The number of halogens is 1. The number of hydrogen-bond acceptors (Lipinski definition) is 6. The standard InChI is InChI=1S/C20H22FN5O2/c1-14(27)18-6-7-26(24-18)20-22-17(12-15-2-4-16(21)5-3-15)13-19(23-20)25-8-10-28-11-9-25/h2-7,13-14,27H,8-12H2,1H3. The highest BCUT2D eigenvalue weighted by atomic mass is 19.1. The van der Waals surface area contributed by atoms with Crippen LogP contribution in [0.3, 0.4) is 0 Å². The van der Waals surface area contributed by atoms with Crippen molar-refractivity contribution >= 4 is 5.82 Å². The van der Waals surface area contributed by atoms with Crippen molar-refractivity contribution in [2.24, 2.45) is 0 Å². The van der Waals surface area contributed by atoms with E-state index in [2.05, 4.69) is 20.0 Å². The number of morpholine rings is 1. The molecule has 0 amide bonds. The van der Waals surface area contributed by atoms with E-state index in [1.807, 2.05) is 6.07 Å². The van der Waals surface area contributed by atoms with Gasteiger partial charge in [0.25, 0.3) is 5.95 Å². The van der Waals surface area contributed by atoms with E-state index < -0.39 is 6.10 Å². The van der Waals surface area contributed by atoms with Gasteiger partial charge in [0, 0.05) is 31.8 Å². The van der Waals surface area contributed by atoms with Crippen molar-refractivity contribution in [2.45, 2.75) is 19.4 Å². The highest BCUT2D eigenvalue weighted by Gasteiger charge is 2.17. The van der Waals surface area contributed by atoms with E-state index in [4.69, 9.17) is 4.74 Å².